The van der Waals surface area contributed by atoms with Gasteiger partial charge in [0.25, 0.3) is 0 Å². The lowest BCUT2D eigenvalue weighted by Gasteiger charge is -2.26. The van der Waals surface area contributed by atoms with E-state index in [-0.39, 0.29) is 0 Å². The third kappa shape index (κ3) is 16.5. The van der Waals surface area contributed by atoms with Crippen LogP contribution in [0.5, 0.6) is 0 Å². The normalized spacial score (nSPS) is 11.1. The monoisotopic (exact) mass is 1590 g/mol. The highest BCUT2D eigenvalue weighted by Crippen LogP contribution is 2.44. The molecule has 121 heavy (non-hydrogen) atoms. The van der Waals surface area contributed by atoms with E-state index in [9.17, 15) is 0 Å². The molecule has 1 N–H and O–H groups in total. The Labute approximate surface area is 716 Å². The quantitative estimate of drug-likeness (QED) is 0.0985. The second-order valence-corrected chi connectivity index (χ2v) is 30.9. The fraction of sp³-hybridized carbons (Fsp3) is 0. The van der Waals surface area contributed by atoms with Gasteiger partial charge in [0.2, 0.25) is 0 Å². The Bertz CT molecular complexity index is 6730. The van der Waals surface area contributed by atoms with E-state index in [2.05, 4.69) is 461 Å². The van der Waals surface area contributed by atoms with Crippen molar-refractivity contribution >= 4 is 112 Å². The van der Waals surface area contributed by atoms with Crippen LogP contribution in [0.15, 0.2) is 485 Å². The zero-order valence-electron chi connectivity index (χ0n) is 66.2. The molecule has 0 radical (unpaired) electrons. The number of hydrogen-bond acceptors (Lipinski definition) is 3. The fourth-order valence-electron chi connectivity index (χ4n) is 16.3. The number of rotatable bonds is 17. The van der Waals surface area contributed by atoms with Gasteiger partial charge in [0, 0.05) is 88.5 Å². The number of para-hydroxylation sites is 5. The van der Waals surface area contributed by atoms with Crippen LogP contribution < -0.4 is 15.1 Å². The van der Waals surface area contributed by atoms with Crippen LogP contribution in [0.1, 0.15) is 0 Å². The molecule has 0 atom stereocenters. The number of nitrogens with one attached hydrogen (secondary N) is 1. The smallest absolute Gasteiger partial charge is 0.0541 e. The van der Waals surface area contributed by atoms with Crippen molar-refractivity contribution in [3.05, 3.63) is 495 Å². The summed E-state index contributed by atoms with van der Waals surface area (Å²) in [5, 5.41) is 9.74. The summed E-state index contributed by atoms with van der Waals surface area (Å²) in [5.74, 6) is 0. The highest BCUT2D eigenvalue weighted by Gasteiger charge is 2.21. The van der Waals surface area contributed by atoms with E-state index < -0.39 is 0 Å². The Morgan fingerprint density at radius 2 is 0.355 bits per heavy atom. The van der Waals surface area contributed by atoms with Crippen LogP contribution in [-0.2, 0) is 0 Å². The Hall–Kier alpha value is -15.2. The molecule has 0 aliphatic heterocycles. The fourth-order valence-corrected chi connectivity index (χ4v) is 16.6. The molecule has 0 bridgehead atoms. The van der Waals surface area contributed by atoms with Crippen LogP contribution in [0, 0.1) is 0 Å². The van der Waals surface area contributed by atoms with E-state index in [0.29, 0.717) is 0 Å². The van der Waals surface area contributed by atoms with Gasteiger partial charge in [-0.1, -0.05) is 314 Å². The predicted molar refractivity (Wildman–Crippen MR) is 515 cm³/mol. The average molecular weight is 1590 g/mol. The molecule has 0 aliphatic carbocycles. The number of aromatic nitrogens is 2. The summed E-state index contributed by atoms with van der Waals surface area (Å²) in [7, 11) is 0. The molecule has 21 aromatic rings. The maximum Gasteiger partial charge on any atom is 0.0541 e. The van der Waals surface area contributed by atoms with Crippen molar-refractivity contribution in [1.29, 1.82) is 0 Å². The van der Waals surface area contributed by atoms with Gasteiger partial charge in [-0.05, 0) is 272 Å². The van der Waals surface area contributed by atoms with E-state index in [1.165, 1.54) is 99.2 Å². The Balaban J connectivity index is 0.000000151. The molecule has 0 saturated carbocycles. The summed E-state index contributed by atoms with van der Waals surface area (Å²) in [5.41, 5.74) is 32.5. The lowest BCUT2D eigenvalue weighted by atomic mass is 9.99. The lowest BCUT2D eigenvalue weighted by Crippen LogP contribution is -2.09. The van der Waals surface area contributed by atoms with Crippen LogP contribution >= 0.6 is 23.2 Å². The molecule has 7 heteroatoms. The van der Waals surface area contributed by atoms with Gasteiger partial charge in [-0.2, -0.15) is 0 Å². The van der Waals surface area contributed by atoms with Crippen LogP contribution in [0.25, 0.3) is 133 Å². The molecule has 0 fully saturated rings. The summed E-state index contributed by atoms with van der Waals surface area (Å²) in [6.07, 6.45) is 0. The molecule has 2 aromatic heterocycles. The number of benzene rings is 19. The Kier molecular flexibility index (Phi) is 21.9. The second-order valence-electron chi connectivity index (χ2n) is 30.0. The highest BCUT2D eigenvalue weighted by atomic mass is 35.5. The minimum atomic E-state index is 0.744. The molecular formula is C114H81Cl2N5. The zero-order valence-corrected chi connectivity index (χ0v) is 67.7. The molecule has 21 rings (SSSR count). The molecule has 576 valence electrons. The third-order valence-electron chi connectivity index (χ3n) is 22.4. The molecule has 0 spiro atoms. The van der Waals surface area contributed by atoms with E-state index >= 15 is 0 Å². The van der Waals surface area contributed by atoms with Gasteiger partial charge in [-0.3, -0.25) is 0 Å². The first-order valence-electron chi connectivity index (χ1n) is 40.8. The van der Waals surface area contributed by atoms with Crippen molar-refractivity contribution in [1.82, 2.24) is 9.13 Å². The van der Waals surface area contributed by atoms with Gasteiger partial charge >= 0.3 is 0 Å². The first kappa shape index (κ1) is 75.8. The number of hydrogen-bond donors (Lipinski definition) is 1. The van der Waals surface area contributed by atoms with Crippen LogP contribution in [0.3, 0.4) is 0 Å². The topological polar surface area (TPSA) is 28.4 Å². The van der Waals surface area contributed by atoms with Gasteiger partial charge in [-0.15, -0.1) is 0 Å². The largest absolute Gasteiger partial charge is 0.356 e. The van der Waals surface area contributed by atoms with Gasteiger partial charge in [0.1, 0.15) is 0 Å². The standard InChI is InChI=1S/C66H47N3.C30H19Cl2N.C18H15N/c1-6-16-48(17-7-1)50-26-36-59(37-27-50)67(56-20-10-3-11-21-56)61-40-30-52(31-41-61)54-34-44-65-63(46-54)64-47-55(35-45-66(64)69(65)58-24-14-5-15-25-58)53-32-42-62(43-33-53)68(57-22-12-4-13-23-57)60-38-28-51(29-39-60)49-18-8-2-9-19-49;31-24-12-6-20(7-13-24)22-10-16-29-27(18-22)28-19-23(21-8-14-25(32)15-9-21)11-17-30(28)33(29)26-4-2-1-3-5-26;1-3-7-15(8-4-1)16-11-13-18(14-12-16)19-17-9-5-2-6-10-17/h1-47H;1-19H;1-14,19H. The Morgan fingerprint density at radius 1 is 0.165 bits per heavy atom. The van der Waals surface area contributed by atoms with Crippen molar-refractivity contribution in [3.63, 3.8) is 0 Å². The minimum Gasteiger partial charge on any atom is -0.356 e. The van der Waals surface area contributed by atoms with Crippen LogP contribution in [0.4, 0.5) is 45.5 Å². The summed E-state index contributed by atoms with van der Waals surface area (Å²) in [6, 6.07) is 172. The first-order valence-corrected chi connectivity index (χ1v) is 41.6. The zero-order chi connectivity index (χ0) is 81.2. The van der Waals surface area contributed by atoms with Crippen LogP contribution in [-0.4, -0.2) is 9.13 Å². The summed E-state index contributed by atoms with van der Waals surface area (Å²) in [4.78, 5) is 4.65. The van der Waals surface area contributed by atoms with Gasteiger partial charge in [0.05, 0.1) is 22.1 Å². The Morgan fingerprint density at radius 3 is 0.628 bits per heavy atom. The predicted octanol–water partition coefficient (Wildman–Crippen LogP) is 32.9. The second kappa shape index (κ2) is 34.9. The van der Waals surface area contributed by atoms with Crippen molar-refractivity contribution in [3.8, 4) is 89.3 Å². The number of nitrogens with zero attached hydrogens (tertiary/aromatic N) is 4. The molecule has 5 nitrogen and oxygen atoms in total. The molecule has 0 aliphatic rings. The van der Waals surface area contributed by atoms with E-state index in [0.717, 1.165) is 89.2 Å². The highest BCUT2D eigenvalue weighted by molar-refractivity contribution is 6.31. The number of fused-ring (bicyclic) bond motifs is 6. The van der Waals surface area contributed by atoms with E-state index in [1.807, 2.05) is 48.5 Å². The molecule has 0 unspecified atom stereocenters. The summed E-state index contributed by atoms with van der Waals surface area (Å²) < 4.78 is 4.73. The van der Waals surface area contributed by atoms with Gasteiger partial charge in [-0.25, -0.2) is 0 Å². The van der Waals surface area contributed by atoms with E-state index in [4.69, 9.17) is 23.2 Å². The molecular weight excluding hydrogens is 1510 g/mol. The molecule has 0 saturated heterocycles. The lowest BCUT2D eigenvalue weighted by molar-refractivity contribution is 1.18. The molecule has 19 aromatic carbocycles. The number of anilines is 8. The summed E-state index contributed by atoms with van der Waals surface area (Å²) >= 11 is 12.2. The molecule has 0 amide bonds. The van der Waals surface area contributed by atoms with Crippen molar-refractivity contribution in [2.45, 2.75) is 0 Å². The SMILES string of the molecule is Clc1ccc(-c2ccc3c(c2)c2cc(-c4ccc(Cl)cc4)ccc2n3-c2ccccc2)cc1.c1ccc(-c2ccc(N(c3ccccc3)c3ccc(-c4ccc5c(c4)c4cc(-c6ccc(N(c7ccccc7)c7ccc(-c8ccccc8)cc7)cc6)ccc4n5-c4ccccc4)cc3)cc2)cc1.c1ccc(Nc2ccc(-c3ccccc3)cc2)cc1. The average Bonchev–Trinajstić information content (AvgIpc) is 1.59. The van der Waals surface area contributed by atoms with Gasteiger partial charge < -0.3 is 24.3 Å². The van der Waals surface area contributed by atoms with E-state index in [1.54, 1.807) is 0 Å². The maximum absolute atomic E-state index is 6.12. The maximum atomic E-state index is 6.12. The van der Waals surface area contributed by atoms with Gasteiger partial charge in [0.15, 0.2) is 0 Å². The number of halogens is 2. The summed E-state index contributed by atoms with van der Waals surface area (Å²) in [6.45, 7) is 0. The van der Waals surface area contributed by atoms with Crippen molar-refractivity contribution in [2.75, 3.05) is 15.1 Å². The van der Waals surface area contributed by atoms with Crippen molar-refractivity contribution in [2.24, 2.45) is 0 Å². The third-order valence-corrected chi connectivity index (χ3v) is 22.9. The van der Waals surface area contributed by atoms with Crippen molar-refractivity contribution < 1.29 is 0 Å². The first-order chi connectivity index (χ1) is 59.8. The van der Waals surface area contributed by atoms with Crippen LogP contribution in [0.2, 0.25) is 10.0 Å². The molecule has 2 heterocycles. The minimum absolute atomic E-state index is 0.744.